The normalized spacial score (nSPS) is 22.2. The fourth-order valence-corrected chi connectivity index (χ4v) is 3.37. The molecule has 0 amide bonds. The van der Waals surface area contributed by atoms with Gasteiger partial charge < -0.3 is 10.1 Å². The Bertz CT molecular complexity index is 418. The van der Waals surface area contributed by atoms with Crippen molar-refractivity contribution in [1.82, 2.24) is 10.2 Å². The van der Waals surface area contributed by atoms with Gasteiger partial charge in [-0.05, 0) is 50.0 Å². The number of ether oxygens (including phenoxy) is 1. The smallest absolute Gasteiger partial charge is 0.118 e. The van der Waals surface area contributed by atoms with E-state index in [0.29, 0.717) is 12.1 Å². The van der Waals surface area contributed by atoms with Crippen LogP contribution in [-0.2, 0) is 0 Å². The van der Waals surface area contributed by atoms with Gasteiger partial charge in [-0.25, -0.2) is 0 Å². The van der Waals surface area contributed by atoms with Gasteiger partial charge in [-0.2, -0.15) is 0 Å². The number of likely N-dealkylation sites (tertiary alicyclic amines) is 1. The summed E-state index contributed by atoms with van der Waals surface area (Å²) in [6.07, 6.45) is 2.65. The van der Waals surface area contributed by atoms with E-state index in [1.54, 1.807) is 7.11 Å². The molecule has 0 saturated carbocycles. The molecule has 1 aromatic rings. The number of hydrogen-bond donors (Lipinski definition) is 1. The largest absolute Gasteiger partial charge is 0.497 e. The van der Waals surface area contributed by atoms with Crippen molar-refractivity contribution >= 4 is 0 Å². The van der Waals surface area contributed by atoms with Crippen LogP contribution in [0.25, 0.3) is 0 Å². The zero-order valence-corrected chi connectivity index (χ0v) is 13.9. The minimum Gasteiger partial charge on any atom is -0.497 e. The highest BCUT2D eigenvalue weighted by molar-refractivity contribution is 5.30. The first kappa shape index (κ1) is 16.3. The molecule has 0 radical (unpaired) electrons. The summed E-state index contributed by atoms with van der Waals surface area (Å²) in [5, 5.41) is 3.66. The van der Waals surface area contributed by atoms with Crippen LogP contribution in [0.4, 0.5) is 0 Å². The van der Waals surface area contributed by atoms with E-state index in [9.17, 15) is 0 Å². The van der Waals surface area contributed by atoms with Crippen molar-refractivity contribution in [3.63, 3.8) is 0 Å². The van der Waals surface area contributed by atoms with Gasteiger partial charge in [0.1, 0.15) is 5.75 Å². The standard InChI is InChI=1S/C18H30N2O/c1-5-15-11-12-20(13-15)14(3)18(19-6-2)16-7-9-17(21-4)10-8-16/h7-10,14-15,18-19H,5-6,11-13H2,1-4H3. The first-order valence-corrected chi connectivity index (χ1v) is 8.30. The Kier molecular flexibility index (Phi) is 6.07. The van der Waals surface area contributed by atoms with Crippen LogP contribution >= 0.6 is 0 Å². The van der Waals surface area contributed by atoms with Gasteiger partial charge in [-0.1, -0.05) is 32.4 Å². The molecule has 0 aromatic heterocycles. The molecular formula is C18H30N2O. The molecule has 0 aliphatic carbocycles. The lowest BCUT2D eigenvalue weighted by Crippen LogP contribution is -2.42. The molecule has 3 heteroatoms. The minimum atomic E-state index is 0.386. The fourth-order valence-electron chi connectivity index (χ4n) is 3.37. The van der Waals surface area contributed by atoms with Crippen LogP contribution in [0.5, 0.6) is 5.75 Å². The van der Waals surface area contributed by atoms with Gasteiger partial charge in [0.05, 0.1) is 7.11 Å². The highest BCUT2D eigenvalue weighted by Gasteiger charge is 2.29. The molecule has 0 spiro atoms. The van der Waals surface area contributed by atoms with E-state index in [1.165, 1.54) is 31.5 Å². The number of likely N-dealkylation sites (N-methyl/N-ethyl adjacent to an activating group) is 1. The van der Waals surface area contributed by atoms with Crippen molar-refractivity contribution in [2.75, 3.05) is 26.7 Å². The second kappa shape index (κ2) is 7.81. The maximum absolute atomic E-state index is 5.27. The van der Waals surface area contributed by atoms with E-state index in [1.807, 2.05) is 0 Å². The average Bonchev–Trinajstić information content (AvgIpc) is 3.01. The van der Waals surface area contributed by atoms with Gasteiger partial charge in [-0.15, -0.1) is 0 Å². The van der Waals surface area contributed by atoms with Crippen molar-refractivity contribution in [3.8, 4) is 5.75 Å². The van der Waals surface area contributed by atoms with Gasteiger partial charge in [0.2, 0.25) is 0 Å². The average molecular weight is 290 g/mol. The third-order valence-corrected chi connectivity index (χ3v) is 4.85. The Labute approximate surface area is 129 Å². The van der Waals surface area contributed by atoms with Crippen molar-refractivity contribution in [2.45, 2.75) is 45.7 Å². The lowest BCUT2D eigenvalue weighted by atomic mass is 9.99. The van der Waals surface area contributed by atoms with Crippen LogP contribution in [0.15, 0.2) is 24.3 Å². The first-order chi connectivity index (χ1) is 10.2. The minimum absolute atomic E-state index is 0.386. The van der Waals surface area contributed by atoms with Crippen LogP contribution in [-0.4, -0.2) is 37.7 Å². The third-order valence-electron chi connectivity index (χ3n) is 4.85. The first-order valence-electron chi connectivity index (χ1n) is 8.30. The second-order valence-electron chi connectivity index (χ2n) is 6.11. The Hall–Kier alpha value is -1.06. The number of hydrogen-bond acceptors (Lipinski definition) is 3. The Balaban J connectivity index is 2.09. The van der Waals surface area contributed by atoms with E-state index in [0.717, 1.165) is 18.2 Å². The predicted octanol–water partition coefficient (Wildman–Crippen LogP) is 3.47. The molecule has 118 valence electrons. The molecule has 3 atom stereocenters. The molecule has 1 N–H and O–H groups in total. The zero-order chi connectivity index (χ0) is 15.2. The van der Waals surface area contributed by atoms with Gasteiger partial charge in [0.25, 0.3) is 0 Å². The molecule has 1 aliphatic heterocycles. The topological polar surface area (TPSA) is 24.5 Å². The second-order valence-corrected chi connectivity index (χ2v) is 6.11. The number of rotatable bonds is 7. The monoisotopic (exact) mass is 290 g/mol. The SMILES string of the molecule is CCNC(c1ccc(OC)cc1)C(C)N1CCC(CC)C1. The Morgan fingerprint density at radius 3 is 2.52 bits per heavy atom. The molecule has 21 heavy (non-hydrogen) atoms. The van der Waals surface area contributed by atoms with Gasteiger partial charge in [0, 0.05) is 18.6 Å². The van der Waals surface area contributed by atoms with Crippen molar-refractivity contribution in [2.24, 2.45) is 5.92 Å². The van der Waals surface area contributed by atoms with Gasteiger partial charge >= 0.3 is 0 Å². The summed E-state index contributed by atoms with van der Waals surface area (Å²) in [6, 6.07) is 9.41. The fraction of sp³-hybridized carbons (Fsp3) is 0.667. The van der Waals surface area contributed by atoms with E-state index in [-0.39, 0.29) is 0 Å². The van der Waals surface area contributed by atoms with Crippen LogP contribution in [0.1, 0.15) is 45.2 Å². The number of benzene rings is 1. The number of methoxy groups -OCH3 is 1. The molecule has 1 fully saturated rings. The molecule has 1 aromatic carbocycles. The van der Waals surface area contributed by atoms with Crippen LogP contribution in [0.2, 0.25) is 0 Å². The number of nitrogens with zero attached hydrogens (tertiary/aromatic N) is 1. The summed E-state index contributed by atoms with van der Waals surface area (Å²) in [5.41, 5.74) is 1.35. The molecule has 2 rings (SSSR count). The summed E-state index contributed by atoms with van der Waals surface area (Å²) < 4.78 is 5.27. The Morgan fingerprint density at radius 1 is 1.29 bits per heavy atom. The summed E-state index contributed by atoms with van der Waals surface area (Å²) in [5.74, 6) is 1.81. The van der Waals surface area contributed by atoms with Crippen molar-refractivity contribution in [3.05, 3.63) is 29.8 Å². The van der Waals surface area contributed by atoms with Crippen LogP contribution in [0.3, 0.4) is 0 Å². The lowest BCUT2D eigenvalue weighted by molar-refractivity contribution is 0.200. The summed E-state index contributed by atoms with van der Waals surface area (Å²) >= 11 is 0. The molecule has 3 nitrogen and oxygen atoms in total. The maximum atomic E-state index is 5.27. The van der Waals surface area contributed by atoms with Crippen molar-refractivity contribution < 1.29 is 4.74 Å². The molecule has 1 heterocycles. The number of nitrogens with one attached hydrogen (secondary N) is 1. The van der Waals surface area contributed by atoms with E-state index >= 15 is 0 Å². The molecular weight excluding hydrogens is 260 g/mol. The highest BCUT2D eigenvalue weighted by Crippen LogP contribution is 2.28. The van der Waals surface area contributed by atoms with E-state index < -0.39 is 0 Å². The van der Waals surface area contributed by atoms with E-state index in [2.05, 4.69) is 55.3 Å². The lowest BCUT2D eigenvalue weighted by Gasteiger charge is -2.33. The Morgan fingerprint density at radius 2 is 2.00 bits per heavy atom. The summed E-state index contributed by atoms with van der Waals surface area (Å²) in [4.78, 5) is 2.64. The molecule has 1 saturated heterocycles. The molecule has 1 aliphatic rings. The summed E-state index contributed by atoms with van der Waals surface area (Å²) in [6.45, 7) is 10.3. The third kappa shape index (κ3) is 3.98. The maximum Gasteiger partial charge on any atom is 0.118 e. The van der Waals surface area contributed by atoms with Crippen LogP contribution < -0.4 is 10.1 Å². The van der Waals surface area contributed by atoms with Crippen molar-refractivity contribution in [1.29, 1.82) is 0 Å². The van der Waals surface area contributed by atoms with Gasteiger partial charge in [-0.3, -0.25) is 4.90 Å². The molecule has 0 bridgehead atoms. The molecule has 3 unspecified atom stereocenters. The summed E-state index contributed by atoms with van der Waals surface area (Å²) in [7, 11) is 1.72. The highest BCUT2D eigenvalue weighted by atomic mass is 16.5. The zero-order valence-electron chi connectivity index (χ0n) is 13.9. The quantitative estimate of drug-likeness (QED) is 0.832. The van der Waals surface area contributed by atoms with E-state index in [4.69, 9.17) is 4.74 Å². The van der Waals surface area contributed by atoms with Crippen LogP contribution in [0, 0.1) is 5.92 Å². The van der Waals surface area contributed by atoms with Gasteiger partial charge in [0.15, 0.2) is 0 Å². The predicted molar refractivity (Wildman–Crippen MR) is 88.8 cm³/mol.